The lowest BCUT2D eigenvalue weighted by Crippen LogP contribution is -2.71. The van der Waals surface area contributed by atoms with Gasteiger partial charge < -0.3 is 30.3 Å². The van der Waals surface area contributed by atoms with Gasteiger partial charge >= 0.3 is 11.9 Å². The minimum Gasteiger partial charge on any atom is -0.426 e. The molecule has 6 atom stereocenters. The minimum atomic E-state index is -3.90. The van der Waals surface area contributed by atoms with Crippen LogP contribution in [-0.4, -0.2) is 92.5 Å². The molecule has 1 aromatic rings. The summed E-state index contributed by atoms with van der Waals surface area (Å²) >= 11 is 1.31. The predicted molar refractivity (Wildman–Crippen MR) is 145 cm³/mol. The first kappa shape index (κ1) is 29.3. The number of fused-ring (bicyclic) bond motifs is 2. The fourth-order valence-electron chi connectivity index (χ4n) is 6.16. The Hall–Kier alpha value is -3.17. The second-order valence-electron chi connectivity index (χ2n) is 11.8. The summed E-state index contributed by atoms with van der Waals surface area (Å²) in [5.74, 6) is -3.34. The molecule has 4 fully saturated rings. The molecule has 41 heavy (non-hydrogen) atoms. The number of thioether (sulfide) groups is 1. The summed E-state index contributed by atoms with van der Waals surface area (Å²) < 4.78 is 34.0. The van der Waals surface area contributed by atoms with Crippen molar-refractivity contribution in [1.29, 1.82) is 0 Å². The van der Waals surface area contributed by atoms with E-state index < -0.39 is 90.2 Å². The molecule has 0 spiro atoms. The lowest BCUT2D eigenvalue weighted by Gasteiger charge is -2.44. The Bertz CT molecular complexity index is 1450. The van der Waals surface area contributed by atoms with E-state index in [0.717, 1.165) is 4.90 Å². The third kappa shape index (κ3) is 4.07. The van der Waals surface area contributed by atoms with Crippen molar-refractivity contribution in [3.63, 3.8) is 0 Å². The molecule has 222 valence electrons. The number of nitrogens with one attached hydrogen (secondary N) is 1. The van der Waals surface area contributed by atoms with Crippen LogP contribution in [0, 0.1) is 0 Å². The molecule has 4 aliphatic heterocycles. The molecule has 0 aliphatic carbocycles. The molecular weight excluding hydrogens is 576 g/mol. The van der Waals surface area contributed by atoms with Crippen LogP contribution >= 0.6 is 11.8 Å². The number of sulfone groups is 1. The van der Waals surface area contributed by atoms with Gasteiger partial charge in [-0.25, -0.2) is 18.0 Å². The maximum Gasteiger partial charge on any atom is 0.333 e. The molecule has 3 N–H and O–H groups in total. The number of rotatable bonds is 7. The van der Waals surface area contributed by atoms with E-state index in [9.17, 15) is 32.4 Å². The number of amides is 3. The number of hydrogen-bond acceptors (Lipinski definition) is 11. The maximum absolute atomic E-state index is 13.1. The first-order valence-corrected chi connectivity index (χ1v) is 15.3. The summed E-state index contributed by atoms with van der Waals surface area (Å²) in [6.07, 6.45) is -0.226. The van der Waals surface area contributed by atoms with Crippen LogP contribution < -0.4 is 11.1 Å². The van der Waals surface area contributed by atoms with Crippen molar-refractivity contribution in [3.05, 3.63) is 35.9 Å². The van der Waals surface area contributed by atoms with Gasteiger partial charge in [-0.15, -0.1) is 11.8 Å². The molecule has 13 nitrogen and oxygen atoms in total. The topological polar surface area (TPSA) is 182 Å². The van der Waals surface area contributed by atoms with Crippen LogP contribution in [0.3, 0.4) is 0 Å². The van der Waals surface area contributed by atoms with E-state index in [2.05, 4.69) is 5.32 Å². The highest BCUT2D eigenvalue weighted by atomic mass is 32.2. The largest absolute Gasteiger partial charge is 0.426 e. The van der Waals surface area contributed by atoms with Crippen LogP contribution in [0.4, 0.5) is 0 Å². The zero-order chi connectivity index (χ0) is 30.3. The molecule has 0 bridgehead atoms. The molecule has 4 saturated heterocycles. The number of nitrogens with zero attached hydrogens (tertiary/aromatic N) is 2. The van der Waals surface area contributed by atoms with E-state index in [1.807, 2.05) is 0 Å². The zero-order valence-corrected chi connectivity index (χ0v) is 24.8. The van der Waals surface area contributed by atoms with Crippen molar-refractivity contribution in [2.75, 3.05) is 6.79 Å². The predicted octanol–water partition coefficient (Wildman–Crippen LogP) is -0.198. The summed E-state index contributed by atoms with van der Waals surface area (Å²) in [6.45, 7) is 6.76. The Balaban J connectivity index is 1.20. The van der Waals surface area contributed by atoms with Gasteiger partial charge in [-0.1, -0.05) is 30.3 Å². The van der Waals surface area contributed by atoms with Gasteiger partial charge in [0.1, 0.15) is 28.2 Å². The number of esters is 2. The quantitative estimate of drug-likeness (QED) is 0.238. The highest BCUT2D eigenvalue weighted by Gasteiger charge is 2.75. The number of hydrogen-bond donors (Lipinski definition) is 2. The average Bonchev–Trinajstić information content (AvgIpc) is 3.21. The van der Waals surface area contributed by atoms with E-state index >= 15 is 0 Å². The van der Waals surface area contributed by atoms with Crippen LogP contribution in [-0.2, 0) is 43.3 Å². The highest BCUT2D eigenvalue weighted by molar-refractivity contribution is 8.01. The molecule has 0 radical (unpaired) electrons. The smallest absolute Gasteiger partial charge is 0.333 e. The summed E-state index contributed by atoms with van der Waals surface area (Å²) in [5.41, 5.74) is 6.64. The van der Waals surface area contributed by atoms with E-state index in [-0.39, 0.29) is 6.42 Å². The number of carbonyl (C=O) groups is 5. The first-order chi connectivity index (χ1) is 19.0. The second-order valence-corrected chi connectivity index (χ2v) is 16.5. The molecule has 0 aromatic heterocycles. The third-order valence-electron chi connectivity index (χ3n) is 8.47. The lowest BCUT2D eigenvalue weighted by molar-refractivity contribution is -0.182. The normalized spacial score (nSPS) is 32.6. The van der Waals surface area contributed by atoms with Crippen LogP contribution in [0.2, 0.25) is 0 Å². The van der Waals surface area contributed by atoms with Crippen molar-refractivity contribution in [1.82, 2.24) is 15.1 Å². The van der Waals surface area contributed by atoms with Crippen molar-refractivity contribution in [2.24, 2.45) is 5.73 Å². The van der Waals surface area contributed by atoms with E-state index in [4.69, 9.17) is 15.2 Å². The fraction of sp³-hybridized carbons (Fsp3) is 0.577. The van der Waals surface area contributed by atoms with E-state index in [0.29, 0.717) is 5.56 Å². The minimum absolute atomic E-state index is 0.226. The van der Waals surface area contributed by atoms with Gasteiger partial charge in [-0.3, -0.25) is 14.4 Å². The molecule has 4 heterocycles. The van der Waals surface area contributed by atoms with Crippen LogP contribution in [0.15, 0.2) is 30.3 Å². The molecule has 0 unspecified atom stereocenters. The number of benzene rings is 1. The number of nitrogens with two attached hydrogens (primary N) is 1. The molecule has 3 amide bonds. The average molecular weight is 609 g/mol. The zero-order valence-electron chi connectivity index (χ0n) is 23.2. The summed E-state index contributed by atoms with van der Waals surface area (Å²) in [5, 5.41) is 2.14. The number of β-lactam (4-membered cyclic amide) rings is 2. The van der Waals surface area contributed by atoms with Crippen molar-refractivity contribution >= 4 is 51.3 Å². The molecule has 5 rings (SSSR count). The van der Waals surface area contributed by atoms with Gasteiger partial charge in [-0.05, 0) is 40.2 Å². The van der Waals surface area contributed by atoms with Crippen LogP contribution in [0.25, 0.3) is 0 Å². The van der Waals surface area contributed by atoms with Crippen LogP contribution in [0.1, 0.15) is 52.6 Å². The lowest BCUT2D eigenvalue weighted by atomic mass is 9.94. The SMILES string of the molecule is CC1(C)S[C@@H]2[C@H](NC(=O)[C@H](N)c3ccccc3)C(=O)N2[C@H]1C(=O)OCOC(=O)[C@@H]1N2C(=O)C[C@@]2(C)S(=O)(=O)C1(C)C. The van der Waals surface area contributed by atoms with Gasteiger partial charge in [0.15, 0.2) is 20.8 Å². The Morgan fingerprint density at radius 2 is 1.63 bits per heavy atom. The fourth-order valence-corrected chi connectivity index (χ4v) is 10.2. The molecule has 1 aromatic carbocycles. The molecule has 4 aliphatic rings. The second kappa shape index (κ2) is 9.42. The standard InChI is InChI=1S/C26H32N4O9S2/c1-24(2)17(29-20(33)16(21(29)40-24)28-19(32)15(27)13-9-7-6-8-10-13)22(34)38-12-39-23(35)18-25(3,4)41(36,37)26(5)11-14(31)30(18)26/h6-10,15-18,21H,11-12,27H2,1-5H3,(H,28,32)/t15-,16-,17+,18+,21-,26-/m1/s1. The first-order valence-electron chi connectivity index (χ1n) is 13.0. The van der Waals surface area contributed by atoms with Gasteiger partial charge in [-0.2, -0.15) is 0 Å². The summed E-state index contributed by atoms with van der Waals surface area (Å²) in [6, 6.07) is 4.41. The monoisotopic (exact) mass is 608 g/mol. The van der Waals surface area contributed by atoms with Gasteiger partial charge in [0.25, 0.3) is 0 Å². The highest BCUT2D eigenvalue weighted by Crippen LogP contribution is 2.54. The number of ether oxygens (including phenoxy) is 2. The van der Waals surface area contributed by atoms with Crippen molar-refractivity contribution in [2.45, 2.75) is 84.9 Å². The Kier molecular flexibility index (Phi) is 6.74. The van der Waals surface area contributed by atoms with Crippen molar-refractivity contribution < 1.29 is 41.9 Å². The summed E-state index contributed by atoms with van der Waals surface area (Å²) in [4.78, 5) is 64.9. The molecule has 15 heteroatoms. The van der Waals surface area contributed by atoms with Crippen LogP contribution in [0.5, 0.6) is 0 Å². The van der Waals surface area contributed by atoms with Gasteiger partial charge in [0, 0.05) is 4.75 Å². The van der Waals surface area contributed by atoms with E-state index in [1.165, 1.54) is 37.4 Å². The van der Waals surface area contributed by atoms with E-state index in [1.54, 1.807) is 44.2 Å². The Morgan fingerprint density at radius 1 is 1.05 bits per heavy atom. The molecular formula is C26H32N4O9S2. The number of carbonyl (C=O) groups excluding carboxylic acids is 5. The molecule has 0 saturated carbocycles. The van der Waals surface area contributed by atoms with Crippen molar-refractivity contribution in [3.8, 4) is 0 Å². The third-order valence-corrected chi connectivity index (χ3v) is 13.2. The maximum atomic E-state index is 13.1. The van der Waals surface area contributed by atoms with Gasteiger partial charge in [0.05, 0.1) is 6.42 Å². The Labute approximate surface area is 241 Å². The Morgan fingerprint density at radius 3 is 2.22 bits per heavy atom. The van der Waals surface area contributed by atoms with Gasteiger partial charge in [0.2, 0.25) is 24.5 Å². The summed E-state index contributed by atoms with van der Waals surface area (Å²) in [7, 11) is -3.90.